The normalized spacial score (nSPS) is 38.6. The van der Waals surface area contributed by atoms with Crippen LogP contribution in [0.3, 0.4) is 0 Å². The van der Waals surface area contributed by atoms with Crippen LogP contribution < -0.4 is 9.96 Å². The molecule has 0 saturated carbocycles. The van der Waals surface area contributed by atoms with Crippen LogP contribution in [0, 0.1) is 5.21 Å². The second-order valence-electron chi connectivity index (χ2n) is 7.89. The van der Waals surface area contributed by atoms with E-state index < -0.39 is 60.5 Å². The molecule has 0 bridgehead atoms. The van der Waals surface area contributed by atoms with Crippen molar-refractivity contribution in [2.75, 3.05) is 26.4 Å². The first-order chi connectivity index (χ1) is 15.1. The largest absolute Gasteiger partial charge is 0.600 e. The van der Waals surface area contributed by atoms with E-state index >= 15 is 0 Å². The van der Waals surface area contributed by atoms with Crippen LogP contribution in [0.5, 0.6) is 5.75 Å². The molecule has 32 heavy (non-hydrogen) atoms. The zero-order chi connectivity index (χ0) is 23.5. The van der Waals surface area contributed by atoms with E-state index in [2.05, 4.69) is 0 Å². The van der Waals surface area contributed by atoms with Gasteiger partial charge in [0.15, 0.2) is 6.29 Å². The van der Waals surface area contributed by atoms with Crippen molar-refractivity contribution in [3.63, 3.8) is 0 Å². The van der Waals surface area contributed by atoms with Crippen molar-refractivity contribution in [2.24, 2.45) is 0 Å². The van der Waals surface area contributed by atoms with Gasteiger partial charge in [-0.05, 0) is 17.7 Å². The summed E-state index contributed by atoms with van der Waals surface area (Å²) in [5.74, 6) is 0.277. The van der Waals surface area contributed by atoms with Crippen LogP contribution in [0.15, 0.2) is 24.3 Å². The minimum absolute atomic E-state index is 0.0223. The summed E-state index contributed by atoms with van der Waals surface area (Å²) in [5, 5.41) is 78.3. The Morgan fingerprint density at radius 2 is 1.75 bits per heavy atom. The van der Waals surface area contributed by atoms with Crippen molar-refractivity contribution in [2.45, 2.75) is 55.1 Å². The molecule has 3 rings (SSSR count). The van der Waals surface area contributed by atoms with Crippen LogP contribution in [0.2, 0.25) is 0 Å². The van der Waals surface area contributed by atoms with Gasteiger partial charge in [-0.15, -0.1) is 0 Å². The summed E-state index contributed by atoms with van der Waals surface area (Å²) >= 11 is 0. The average Bonchev–Trinajstić information content (AvgIpc) is 3.07. The van der Waals surface area contributed by atoms with Crippen molar-refractivity contribution >= 4 is 0 Å². The lowest BCUT2D eigenvalue weighted by atomic mass is 9.99. The van der Waals surface area contributed by atoms with E-state index in [4.69, 9.17) is 29.3 Å². The molecule has 0 aliphatic carbocycles. The predicted octanol–water partition coefficient (Wildman–Crippen LogP) is -4.36. The van der Waals surface area contributed by atoms with Crippen LogP contribution in [0.25, 0.3) is 0 Å². The molecule has 2 aliphatic rings. The van der Waals surface area contributed by atoms with E-state index in [1.807, 2.05) is 0 Å². The zero-order valence-electron chi connectivity index (χ0n) is 17.1. The molecule has 13 heteroatoms. The van der Waals surface area contributed by atoms with Crippen molar-refractivity contribution < 1.29 is 60.0 Å². The number of quaternary nitrogens is 1. The van der Waals surface area contributed by atoms with E-state index in [0.717, 1.165) is 5.56 Å². The Bertz CT molecular complexity index is 721. The molecule has 0 spiro atoms. The van der Waals surface area contributed by atoms with Crippen molar-refractivity contribution in [3.05, 3.63) is 35.0 Å². The highest BCUT2D eigenvalue weighted by Crippen LogP contribution is 2.28. The highest BCUT2D eigenvalue weighted by molar-refractivity contribution is 5.27. The quantitative estimate of drug-likeness (QED) is 0.164. The number of benzene rings is 1. The summed E-state index contributed by atoms with van der Waals surface area (Å²) in [6, 6.07) is 6.41. The molecular weight excluding hydrogens is 434 g/mol. The molecule has 1 aromatic carbocycles. The first-order valence-electron chi connectivity index (χ1n) is 10.1. The third-order valence-electron chi connectivity index (χ3n) is 5.48. The molecule has 2 aliphatic heterocycles. The number of hydrogen-bond donors (Lipinski definition) is 8. The van der Waals surface area contributed by atoms with Gasteiger partial charge < -0.3 is 54.8 Å². The number of rotatable bonds is 9. The molecule has 0 amide bonds. The van der Waals surface area contributed by atoms with Crippen LogP contribution in [-0.2, 0) is 20.6 Å². The third kappa shape index (κ3) is 5.72. The van der Waals surface area contributed by atoms with Crippen LogP contribution in [0.4, 0.5) is 0 Å². The van der Waals surface area contributed by atoms with E-state index in [-0.39, 0.29) is 25.5 Å². The molecule has 2 saturated heterocycles. The molecule has 0 radical (unpaired) electrons. The van der Waals surface area contributed by atoms with E-state index in [0.29, 0.717) is 6.42 Å². The van der Waals surface area contributed by atoms with E-state index in [1.54, 1.807) is 24.3 Å². The fraction of sp³-hybridized carbons (Fsp3) is 0.684. The maximum absolute atomic E-state index is 10.7. The van der Waals surface area contributed by atoms with Gasteiger partial charge in [-0.2, -0.15) is 0 Å². The number of nitrogens with one attached hydrogen (secondary N) is 1. The Kier molecular flexibility index (Phi) is 8.37. The van der Waals surface area contributed by atoms with Gasteiger partial charge in [0.2, 0.25) is 6.29 Å². The number of hydroxylamine groups is 2. The van der Waals surface area contributed by atoms with Gasteiger partial charge in [0, 0.05) is 6.42 Å². The molecule has 8 N–H and O–H groups in total. The lowest BCUT2D eigenvalue weighted by molar-refractivity contribution is -1.05. The average molecular weight is 463 g/mol. The highest BCUT2D eigenvalue weighted by Gasteiger charge is 2.50. The molecule has 1 unspecified atom stereocenters. The third-order valence-corrected chi connectivity index (χ3v) is 5.48. The van der Waals surface area contributed by atoms with Gasteiger partial charge >= 0.3 is 0 Å². The minimum atomic E-state index is -1.88. The summed E-state index contributed by atoms with van der Waals surface area (Å²) in [6.45, 7) is -1.51. The van der Waals surface area contributed by atoms with Gasteiger partial charge in [-0.3, -0.25) is 0 Å². The van der Waals surface area contributed by atoms with E-state index in [9.17, 15) is 30.7 Å². The first kappa shape index (κ1) is 25.2. The van der Waals surface area contributed by atoms with Crippen molar-refractivity contribution in [1.29, 1.82) is 0 Å². The second kappa shape index (κ2) is 10.6. The van der Waals surface area contributed by atoms with Crippen LogP contribution in [-0.4, -0.2) is 111 Å². The number of aliphatic hydroxyl groups is 6. The SMILES string of the molecule is [O-][NH+](O)CCc1ccc(O[C@@H]2O[C@H](CO[C@@H]3OC[C@@](O)(CO)[C@@H]3O)[C@@H](O)[C@@H](O)[C@H]2O)cc1. The van der Waals surface area contributed by atoms with Gasteiger partial charge in [0.05, 0.1) is 19.8 Å². The van der Waals surface area contributed by atoms with Gasteiger partial charge in [0.25, 0.3) is 0 Å². The molecule has 0 aromatic heterocycles. The topological polar surface area (TPSA) is 206 Å². The zero-order valence-corrected chi connectivity index (χ0v) is 17.1. The Hall–Kier alpha value is -1.46. The molecular formula is C19H29NO12. The summed E-state index contributed by atoms with van der Waals surface area (Å²) < 4.78 is 21.6. The molecule has 182 valence electrons. The smallest absolute Gasteiger partial charge is 0.229 e. The van der Waals surface area contributed by atoms with Crippen molar-refractivity contribution in [3.8, 4) is 5.75 Å². The van der Waals surface area contributed by atoms with Crippen molar-refractivity contribution in [1.82, 2.24) is 0 Å². The predicted molar refractivity (Wildman–Crippen MR) is 102 cm³/mol. The summed E-state index contributed by atoms with van der Waals surface area (Å²) in [4.78, 5) is 0. The highest BCUT2D eigenvalue weighted by atomic mass is 16.8. The van der Waals surface area contributed by atoms with Crippen LogP contribution >= 0.6 is 0 Å². The fourth-order valence-electron chi connectivity index (χ4n) is 3.40. The lowest BCUT2D eigenvalue weighted by Crippen LogP contribution is -3.04. The summed E-state index contributed by atoms with van der Waals surface area (Å²) in [6.07, 6.45) is -9.80. The lowest BCUT2D eigenvalue weighted by Gasteiger charge is -2.40. The monoisotopic (exact) mass is 463 g/mol. The van der Waals surface area contributed by atoms with E-state index in [1.165, 1.54) is 0 Å². The Balaban J connectivity index is 1.58. The summed E-state index contributed by atoms with van der Waals surface area (Å²) in [7, 11) is 0. The Morgan fingerprint density at radius 3 is 2.34 bits per heavy atom. The molecule has 2 fully saturated rings. The Morgan fingerprint density at radius 1 is 1.06 bits per heavy atom. The molecule has 2 heterocycles. The van der Waals surface area contributed by atoms with Gasteiger partial charge in [-0.25, -0.2) is 10.4 Å². The van der Waals surface area contributed by atoms with Gasteiger partial charge in [-0.1, -0.05) is 12.1 Å². The first-order valence-corrected chi connectivity index (χ1v) is 10.1. The maximum Gasteiger partial charge on any atom is 0.229 e. The molecule has 1 aromatic rings. The van der Waals surface area contributed by atoms with Gasteiger partial charge in [0.1, 0.15) is 48.4 Å². The second-order valence-corrected chi connectivity index (χ2v) is 7.89. The molecule has 13 nitrogen and oxygen atoms in total. The fourth-order valence-corrected chi connectivity index (χ4v) is 3.40. The summed E-state index contributed by atoms with van der Waals surface area (Å²) in [5.41, 5.74) is -1.11. The minimum Gasteiger partial charge on any atom is -0.600 e. The Labute approximate surface area is 183 Å². The maximum atomic E-state index is 10.7. The number of ether oxygens (including phenoxy) is 4. The standard InChI is InChI=1S/C19H29NO12/c21-8-19(26)9-30-18(16(19)25)29-7-12-13(22)14(23)15(24)17(32-12)31-11-3-1-10(2-4-11)5-6-20(27)28/h1-4,12-18,20-27H,5-9H2/t12-,13-,14-,15-,16-,17-,18-,19+/m1/s1. The molecule has 9 atom stereocenters. The number of hydrogen-bond acceptors (Lipinski definition) is 12. The van der Waals surface area contributed by atoms with Crippen LogP contribution in [0.1, 0.15) is 5.56 Å². The number of aliphatic hydroxyl groups excluding tert-OH is 5.